The molecule has 0 aliphatic carbocycles. The number of hydrogen-bond donors (Lipinski definition) is 0. The molecule has 1 aliphatic rings. The molecule has 5 nitrogen and oxygen atoms in total. The summed E-state index contributed by atoms with van der Waals surface area (Å²) < 4.78 is 11.6. The Kier molecular flexibility index (Phi) is 7.01. The molecule has 1 saturated heterocycles. The van der Waals surface area contributed by atoms with Gasteiger partial charge in [0.15, 0.2) is 11.5 Å². The van der Waals surface area contributed by atoms with Crippen LogP contribution in [0.5, 0.6) is 11.5 Å². The number of halogens is 1. The van der Waals surface area contributed by atoms with Crippen molar-refractivity contribution in [3.8, 4) is 11.5 Å². The third-order valence-electron chi connectivity index (χ3n) is 4.32. The fourth-order valence-corrected chi connectivity index (χ4v) is 4.66. The number of rotatable bonds is 7. The lowest BCUT2D eigenvalue weighted by Crippen LogP contribution is -2.29. The maximum atomic E-state index is 12.7. The van der Waals surface area contributed by atoms with E-state index in [4.69, 9.17) is 9.47 Å². The van der Waals surface area contributed by atoms with Crippen molar-refractivity contribution in [1.29, 1.82) is 0 Å². The summed E-state index contributed by atoms with van der Waals surface area (Å²) in [6.07, 6.45) is 3.30. The van der Waals surface area contributed by atoms with Crippen LogP contribution in [0.1, 0.15) is 17.5 Å². The van der Waals surface area contributed by atoms with Gasteiger partial charge in [0, 0.05) is 6.54 Å². The average Bonchev–Trinajstić information content (AvgIpc) is 2.95. The van der Waals surface area contributed by atoms with Gasteiger partial charge in [-0.15, -0.1) is 0 Å². The van der Waals surface area contributed by atoms with Crippen molar-refractivity contribution in [2.75, 3.05) is 20.8 Å². The third kappa shape index (κ3) is 4.70. The lowest BCUT2D eigenvalue weighted by Gasteiger charge is -2.12. The van der Waals surface area contributed by atoms with Crippen molar-refractivity contribution in [1.82, 2.24) is 4.90 Å². The minimum atomic E-state index is -0.243. The predicted octanol–water partition coefficient (Wildman–Crippen LogP) is 4.98. The van der Waals surface area contributed by atoms with Crippen molar-refractivity contribution in [3.05, 3.63) is 62.1 Å². The van der Waals surface area contributed by atoms with E-state index in [9.17, 15) is 9.59 Å². The number of carbonyl (C=O) groups is 2. The quantitative estimate of drug-likeness (QED) is 0.390. The molecule has 2 aromatic rings. The first-order chi connectivity index (χ1) is 13.5. The van der Waals surface area contributed by atoms with Crippen LogP contribution >= 0.6 is 34.4 Å². The van der Waals surface area contributed by atoms with E-state index in [1.165, 1.54) is 10.5 Å². The van der Waals surface area contributed by atoms with E-state index in [2.05, 4.69) is 22.6 Å². The van der Waals surface area contributed by atoms with Crippen LogP contribution in [0, 0.1) is 3.57 Å². The van der Waals surface area contributed by atoms with Crippen molar-refractivity contribution in [3.63, 3.8) is 0 Å². The Balaban J connectivity index is 1.71. The number of hydrogen-bond acceptors (Lipinski definition) is 5. The van der Waals surface area contributed by atoms with Gasteiger partial charge in [0.2, 0.25) is 0 Å². The van der Waals surface area contributed by atoms with E-state index in [1.807, 2.05) is 36.4 Å². The van der Waals surface area contributed by atoms with Crippen LogP contribution < -0.4 is 9.47 Å². The van der Waals surface area contributed by atoms with E-state index in [0.717, 1.165) is 33.7 Å². The van der Waals surface area contributed by atoms with Gasteiger partial charge in [-0.05, 0) is 76.5 Å². The van der Waals surface area contributed by atoms with E-state index >= 15 is 0 Å². The Hall–Kier alpha value is -2.00. The maximum absolute atomic E-state index is 12.7. The van der Waals surface area contributed by atoms with Crippen LogP contribution in [0.3, 0.4) is 0 Å². The van der Waals surface area contributed by atoms with Gasteiger partial charge >= 0.3 is 0 Å². The zero-order valence-corrected chi connectivity index (χ0v) is 18.6. The Morgan fingerprint density at radius 2 is 1.86 bits per heavy atom. The molecule has 7 heteroatoms. The monoisotopic (exact) mass is 509 g/mol. The molecule has 0 aromatic heterocycles. The fourth-order valence-electron chi connectivity index (χ4n) is 2.95. The smallest absolute Gasteiger partial charge is 0.293 e. The number of aryl methyl sites for hydroxylation is 1. The molecule has 146 valence electrons. The molecule has 0 atom stereocenters. The average molecular weight is 509 g/mol. The standard InChI is InChI=1S/C21H20INO4S/c1-26-17-12-15(11-16(22)19(17)27-2)13-18-20(24)23(21(25)28-18)10-6-9-14-7-4-3-5-8-14/h3-5,7-8,11-13H,6,9-10H2,1-2H3/b18-13+. The third-order valence-corrected chi connectivity index (χ3v) is 6.03. The van der Waals surface area contributed by atoms with Crippen molar-refractivity contribution < 1.29 is 19.1 Å². The summed E-state index contributed by atoms with van der Waals surface area (Å²) in [7, 11) is 3.15. The van der Waals surface area contributed by atoms with Crippen molar-refractivity contribution >= 4 is 51.6 Å². The molecule has 2 amide bonds. The van der Waals surface area contributed by atoms with Gasteiger partial charge in [0.25, 0.3) is 11.1 Å². The molecule has 1 aliphatic heterocycles. The first kappa shape index (κ1) is 20.7. The number of imide groups is 1. The van der Waals surface area contributed by atoms with Gasteiger partial charge in [-0.25, -0.2) is 0 Å². The van der Waals surface area contributed by atoms with Gasteiger partial charge in [0.05, 0.1) is 22.7 Å². The lowest BCUT2D eigenvalue weighted by atomic mass is 10.1. The van der Waals surface area contributed by atoms with Gasteiger partial charge in [-0.1, -0.05) is 30.3 Å². The second-order valence-electron chi connectivity index (χ2n) is 6.16. The maximum Gasteiger partial charge on any atom is 0.293 e. The van der Waals surface area contributed by atoms with Crippen LogP contribution in [-0.4, -0.2) is 36.8 Å². The van der Waals surface area contributed by atoms with Crippen LogP contribution in [0.15, 0.2) is 47.4 Å². The summed E-state index contributed by atoms with van der Waals surface area (Å²) in [4.78, 5) is 26.7. The first-order valence-electron chi connectivity index (χ1n) is 8.74. The molecule has 0 unspecified atom stereocenters. The molecule has 0 bridgehead atoms. The van der Waals surface area contributed by atoms with Crippen LogP contribution in [0.25, 0.3) is 6.08 Å². The van der Waals surface area contributed by atoms with Gasteiger partial charge in [-0.2, -0.15) is 0 Å². The van der Waals surface area contributed by atoms with Crippen molar-refractivity contribution in [2.45, 2.75) is 12.8 Å². The fraction of sp³-hybridized carbons (Fsp3) is 0.238. The lowest BCUT2D eigenvalue weighted by molar-refractivity contribution is -0.122. The Morgan fingerprint density at radius 1 is 1.11 bits per heavy atom. The molecule has 1 heterocycles. The topological polar surface area (TPSA) is 55.8 Å². The number of amides is 2. The molecule has 0 radical (unpaired) electrons. The molecular weight excluding hydrogens is 489 g/mol. The van der Waals surface area contributed by atoms with E-state index in [0.29, 0.717) is 22.9 Å². The zero-order valence-electron chi connectivity index (χ0n) is 15.6. The molecule has 1 fully saturated rings. The van der Waals surface area contributed by atoms with Gasteiger partial charge in [-0.3, -0.25) is 14.5 Å². The molecule has 2 aromatic carbocycles. The summed E-state index contributed by atoms with van der Waals surface area (Å²) in [6, 6.07) is 13.7. The number of methoxy groups -OCH3 is 2. The Labute approximate surface area is 182 Å². The van der Waals surface area contributed by atoms with Gasteiger partial charge in [0.1, 0.15) is 0 Å². The van der Waals surface area contributed by atoms with E-state index in [1.54, 1.807) is 26.4 Å². The number of benzene rings is 2. The van der Waals surface area contributed by atoms with Gasteiger partial charge < -0.3 is 9.47 Å². The summed E-state index contributed by atoms with van der Waals surface area (Å²) >= 11 is 3.13. The highest BCUT2D eigenvalue weighted by atomic mass is 127. The molecule has 3 rings (SSSR count). The minimum Gasteiger partial charge on any atom is -0.493 e. The summed E-state index contributed by atoms with van der Waals surface area (Å²) in [6.45, 7) is 0.417. The van der Waals surface area contributed by atoms with Crippen LogP contribution in [-0.2, 0) is 11.2 Å². The minimum absolute atomic E-state index is 0.223. The number of nitrogens with zero attached hydrogens (tertiary/aromatic N) is 1. The number of thioether (sulfide) groups is 1. The van der Waals surface area contributed by atoms with E-state index in [-0.39, 0.29) is 11.1 Å². The second-order valence-corrected chi connectivity index (χ2v) is 8.32. The van der Waals surface area contributed by atoms with Crippen LogP contribution in [0.4, 0.5) is 4.79 Å². The summed E-state index contributed by atoms with van der Waals surface area (Å²) in [5.41, 5.74) is 1.99. The largest absolute Gasteiger partial charge is 0.493 e. The molecule has 28 heavy (non-hydrogen) atoms. The highest BCUT2D eigenvalue weighted by molar-refractivity contribution is 14.1. The normalized spacial score (nSPS) is 15.4. The first-order valence-corrected chi connectivity index (χ1v) is 10.6. The molecule has 0 saturated carbocycles. The number of carbonyl (C=O) groups excluding carboxylic acids is 2. The molecule has 0 N–H and O–H groups in total. The summed E-state index contributed by atoms with van der Waals surface area (Å²) in [5.74, 6) is 0.991. The summed E-state index contributed by atoms with van der Waals surface area (Å²) in [5, 5.41) is -0.223. The van der Waals surface area contributed by atoms with E-state index < -0.39 is 0 Å². The Morgan fingerprint density at radius 3 is 2.54 bits per heavy atom. The molecular formula is C21H20INO4S. The zero-order chi connectivity index (χ0) is 20.1. The van der Waals surface area contributed by atoms with Crippen LogP contribution in [0.2, 0.25) is 0 Å². The van der Waals surface area contributed by atoms with Crippen molar-refractivity contribution in [2.24, 2.45) is 0 Å². The highest BCUT2D eigenvalue weighted by Crippen LogP contribution is 2.37. The highest BCUT2D eigenvalue weighted by Gasteiger charge is 2.34. The SMILES string of the molecule is COc1cc(/C=C2/SC(=O)N(CCCc3ccccc3)C2=O)cc(I)c1OC. The Bertz CT molecular complexity index is 914. The number of ether oxygens (including phenoxy) is 2. The predicted molar refractivity (Wildman–Crippen MR) is 120 cm³/mol. The molecule has 0 spiro atoms. The second kappa shape index (κ2) is 9.47.